The van der Waals surface area contributed by atoms with Gasteiger partial charge in [-0.1, -0.05) is 19.0 Å². The van der Waals surface area contributed by atoms with Crippen molar-refractivity contribution in [3.8, 4) is 11.4 Å². The minimum absolute atomic E-state index is 0.0133. The summed E-state index contributed by atoms with van der Waals surface area (Å²) in [5.74, 6) is -0.988. The molecular formula is C14H14F2N2O2. The van der Waals surface area contributed by atoms with Crippen LogP contribution in [0.4, 0.5) is 8.78 Å². The molecule has 6 heteroatoms. The van der Waals surface area contributed by atoms with E-state index in [9.17, 15) is 13.6 Å². The summed E-state index contributed by atoms with van der Waals surface area (Å²) >= 11 is 0. The van der Waals surface area contributed by atoms with Crippen molar-refractivity contribution in [2.75, 3.05) is 0 Å². The van der Waals surface area contributed by atoms with E-state index < -0.39 is 11.6 Å². The summed E-state index contributed by atoms with van der Waals surface area (Å²) in [4.78, 5) is 15.6. The molecule has 20 heavy (non-hydrogen) atoms. The van der Waals surface area contributed by atoms with Crippen molar-refractivity contribution >= 4 is 5.78 Å². The molecule has 4 nitrogen and oxygen atoms in total. The van der Waals surface area contributed by atoms with E-state index in [2.05, 4.69) is 10.1 Å². The minimum atomic E-state index is -0.720. The van der Waals surface area contributed by atoms with Crippen molar-refractivity contribution in [2.24, 2.45) is 5.92 Å². The molecule has 1 heterocycles. The van der Waals surface area contributed by atoms with Crippen LogP contribution in [0.15, 0.2) is 22.7 Å². The summed E-state index contributed by atoms with van der Waals surface area (Å²) in [5, 5.41) is 3.63. The van der Waals surface area contributed by atoms with Gasteiger partial charge in [0.05, 0.1) is 6.42 Å². The Bertz CT molecular complexity index is 603. The summed E-state index contributed by atoms with van der Waals surface area (Å²) in [7, 11) is 0. The van der Waals surface area contributed by atoms with E-state index in [1.165, 1.54) is 0 Å². The standard InChI is InChI=1S/C14H14F2N2O2/c1-8(2)3-12(19)7-13-17-14(18-20-13)9-4-10(15)6-11(16)5-9/h4-6,8H,3,7H2,1-2H3. The fourth-order valence-electron chi connectivity index (χ4n) is 1.82. The molecule has 0 amide bonds. The van der Waals surface area contributed by atoms with Gasteiger partial charge in [0.25, 0.3) is 0 Å². The molecule has 1 aromatic carbocycles. The van der Waals surface area contributed by atoms with Gasteiger partial charge in [-0.2, -0.15) is 4.98 Å². The van der Waals surface area contributed by atoms with Crippen LogP contribution < -0.4 is 0 Å². The smallest absolute Gasteiger partial charge is 0.234 e. The van der Waals surface area contributed by atoms with E-state index >= 15 is 0 Å². The lowest BCUT2D eigenvalue weighted by Crippen LogP contribution is -2.06. The molecule has 1 aromatic heterocycles. The Morgan fingerprint density at radius 1 is 1.25 bits per heavy atom. The third-order valence-corrected chi connectivity index (χ3v) is 2.57. The van der Waals surface area contributed by atoms with Gasteiger partial charge in [0.1, 0.15) is 17.4 Å². The van der Waals surface area contributed by atoms with Gasteiger partial charge < -0.3 is 4.52 Å². The minimum Gasteiger partial charge on any atom is -0.339 e. The number of carbonyl (C=O) groups excluding carboxylic acids is 1. The first kappa shape index (κ1) is 14.3. The highest BCUT2D eigenvalue weighted by molar-refractivity contribution is 5.80. The summed E-state index contributed by atoms with van der Waals surface area (Å²) in [5.41, 5.74) is 0.175. The molecule has 0 atom stereocenters. The number of hydrogen-bond acceptors (Lipinski definition) is 4. The third-order valence-electron chi connectivity index (χ3n) is 2.57. The van der Waals surface area contributed by atoms with Crippen molar-refractivity contribution < 1.29 is 18.1 Å². The van der Waals surface area contributed by atoms with Crippen LogP contribution in [0.3, 0.4) is 0 Å². The number of hydrogen-bond donors (Lipinski definition) is 0. The summed E-state index contributed by atoms with van der Waals surface area (Å²) in [6, 6.07) is 2.97. The van der Waals surface area contributed by atoms with Gasteiger partial charge in [-0.25, -0.2) is 8.78 Å². The van der Waals surface area contributed by atoms with Crippen LogP contribution in [0, 0.1) is 17.6 Å². The first-order valence-electron chi connectivity index (χ1n) is 6.25. The van der Waals surface area contributed by atoms with Gasteiger partial charge in [-0.15, -0.1) is 0 Å². The molecule has 0 bridgehead atoms. The average Bonchev–Trinajstić information content (AvgIpc) is 2.74. The average molecular weight is 280 g/mol. The SMILES string of the molecule is CC(C)CC(=O)Cc1nc(-c2cc(F)cc(F)c2)no1. The van der Waals surface area contributed by atoms with E-state index in [1.54, 1.807) is 0 Å². The number of benzene rings is 1. The van der Waals surface area contributed by atoms with Gasteiger partial charge in [-0.3, -0.25) is 4.79 Å². The molecule has 0 aliphatic rings. The number of carbonyl (C=O) groups is 1. The van der Waals surface area contributed by atoms with Gasteiger partial charge in [0.2, 0.25) is 11.7 Å². The van der Waals surface area contributed by atoms with E-state index in [0.717, 1.165) is 18.2 Å². The number of halogens is 2. The fraction of sp³-hybridized carbons (Fsp3) is 0.357. The maximum absolute atomic E-state index is 13.1. The highest BCUT2D eigenvalue weighted by Crippen LogP contribution is 2.19. The predicted octanol–water partition coefficient (Wildman–Crippen LogP) is 3.17. The molecule has 0 aliphatic heterocycles. The number of rotatable bonds is 5. The fourth-order valence-corrected chi connectivity index (χ4v) is 1.82. The van der Waals surface area contributed by atoms with Crippen molar-refractivity contribution in [1.29, 1.82) is 0 Å². The van der Waals surface area contributed by atoms with Gasteiger partial charge in [-0.05, 0) is 18.1 Å². The Kier molecular flexibility index (Phi) is 4.22. The first-order chi connectivity index (χ1) is 9.44. The van der Waals surface area contributed by atoms with Crippen molar-refractivity contribution in [2.45, 2.75) is 26.7 Å². The number of Topliss-reactive ketones (excluding diaryl/α,β-unsaturated/α-hetero) is 1. The summed E-state index contributed by atoms with van der Waals surface area (Å²) in [6.45, 7) is 3.87. The zero-order valence-corrected chi connectivity index (χ0v) is 11.2. The van der Waals surface area contributed by atoms with Crippen LogP contribution in [0.5, 0.6) is 0 Å². The number of ketones is 1. The van der Waals surface area contributed by atoms with Gasteiger partial charge in [0, 0.05) is 18.1 Å². The Hall–Kier alpha value is -2.11. The quantitative estimate of drug-likeness (QED) is 0.844. The highest BCUT2D eigenvalue weighted by Gasteiger charge is 2.14. The lowest BCUT2D eigenvalue weighted by molar-refractivity contribution is -0.119. The van der Waals surface area contributed by atoms with E-state index in [0.29, 0.717) is 6.42 Å². The second kappa shape index (κ2) is 5.90. The molecule has 0 N–H and O–H groups in total. The molecule has 0 aliphatic carbocycles. The van der Waals surface area contributed by atoms with E-state index in [-0.39, 0.29) is 35.4 Å². The summed E-state index contributed by atoms with van der Waals surface area (Å²) in [6.07, 6.45) is 0.454. The van der Waals surface area contributed by atoms with E-state index in [1.807, 2.05) is 13.8 Å². The monoisotopic (exact) mass is 280 g/mol. The molecule has 0 spiro atoms. The van der Waals surface area contributed by atoms with Gasteiger partial charge in [0.15, 0.2) is 0 Å². The Labute approximate surface area is 114 Å². The molecule has 0 radical (unpaired) electrons. The molecule has 0 fully saturated rings. The Balaban J connectivity index is 2.14. The maximum Gasteiger partial charge on any atom is 0.234 e. The molecule has 0 saturated carbocycles. The normalized spacial score (nSPS) is 11.1. The first-order valence-corrected chi connectivity index (χ1v) is 6.25. The maximum atomic E-state index is 13.1. The summed E-state index contributed by atoms with van der Waals surface area (Å²) < 4.78 is 31.1. The molecular weight excluding hydrogens is 266 g/mol. The predicted molar refractivity (Wildman–Crippen MR) is 67.8 cm³/mol. The third kappa shape index (κ3) is 3.69. The largest absolute Gasteiger partial charge is 0.339 e. The molecule has 0 unspecified atom stereocenters. The van der Waals surface area contributed by atoms with Crippen LogP contribution in [0.25, 0.3) is 11.4 Å². The lowest BCUT2D eigenvalue weighted by Gasteiger charge is -2.00. The topological polar surface area (TPSA) is 56.0 Å². The highest BCUT2D eigenvalue weighted by atomic mass is 19.1. The lowest BCUT2D eigenvalue weighted by atomic mass is 10.1. The second-order valence-corrected chi connectivity index (χ2v) is 4.98. The van der Waals surface area contributed by atoms with Crippen molar-refractivity contribution in [3.05, 3.63) is 35.7 Å². The van der Waals surface area contributed by atoms with Crippen LogP contribution in [0.2, 0.25) is 0 Å². The molecule has 106 valence electrons. The zero-order chi connectivity index (χ0) is 14.7. The second-order valence-electron chi connectivity index (χ2n) is 4.98. The zero-order valence-electron chi connectivity index (χ0n) is 11.2. The molecule has 0 saturated heterocycles. The van der Waals surface area contributed by atoms with Crippen LogP contribution >= 0.6 is 0 Å². The number of nitrogens with zero attached hydrogens (tertiary/aromatic N) is 2. The molecule has 2 rings (SSSR count). The van der Waals surface area contributed by atoms with Crippen LogP contribution in [-0.4, -0.2) is 15.9 Å². The van der Waals surface area contributed by atoms with Crippen molar-refractivity contribution in [3.63, 3.8) is 0 Å². The van der Waals surface area contributed by atoms with Crippen LogP contribution in [0.1, 0.15) is 26.2 Å². The Morgan fingerprint density at radius 3 is 2.50 bits per heavy atom. The van der Waals surface area contributed by atoms with Crippen LogP contribution in [-0.2, 0) is 11.2 Å². The van der Waals surface area contributed by atoms with E-state index in [4.69, 9.17) is 4.52 Å². The van der Waals surface area contributed by atoms with Crippen molar-refractivity contribution in [1.82, 2.24) is 10.1 Å². The molecule has 2 aromatic rings. The number of aromatic nitrogens is 2. The van der Waals surface area contributed by atoms with Gasteiger partial charge >= 0.3 is 0 Å². The Morgan fingerprint density at radius 2 is 1.90 bits per heavy atom.